The number of carbonyl (C=O) groups is 1. The van der Waals surface area contributed by atoms with Gasteiger partial charge in [-0.15, -0.1) is 0 Å². The van der Waals surface area contributed by atoms with Crippen molar-refractivity contribution in [1.29, 1.82) is 0 Å². The highest BCUT2D eigenvalue weighted by Gasteiger charge is 2.27. The standard InChI is InChI=1S/C24H28N4O/c1-26-19-20(18-25-26)12-13-23(29)27-14-16-28(17-15-27)24(21-8-4-2-5-9-21)22-10-6-3-7-11-22/h2-11,18-19,24H,12-17H2,1H3. The predicted molar refractivity (Wildman–Crippen MR) is 114 cm³/mol. The second-order valence-corrected chi connectivity index (χ2v) is 7.66. The first-order chi connectivity index (χ1) is 14.2. The number of amides is 1. The highest BCUT2D eigenvalue weighted by atomic mass is 16.2. The van der Waals surface area contributed by atoms with E-state index < -0.39 is 0 Å². The molecule has 1 aromatic heterocycles. The first kappa shape index (κ1) is 19.4. The Labute approximate surface area is 172 Å². The molecule has 0 N–H and O–H groups in total. The van der Waals surface area contributed by atoms with Gasteiger partial charge in [0, 0.05) is 45.8 Å². The predicted octanol–water partition coefficient (Wildman–Crippen LogP) is 3.29. The molecule has 0 saturated carbocycles. The number of hydrogen-bond donors (Lipinski definition) is 0. The van der Waals surface area contributed by atoms with E-state index in [0.29, 0.717) is 6.42 Å². The summed E-state index contributed by atoms with van der Waals surface area (Å²) in [5.74, 6) is 0.240. The minimum absolute atomic E-state index is 0.227. The van der Waals surface area contributed by atoms with Crippen LogP contribution in [0.15, 0.2) is 73.1 Å². The van der Waals surface area contributed by atoms with E-state index in [1.807, 2.05) is 24.3 Å². The fourth-order valence-electron chi connectivity index (χ4n) is 4.12. The second kappa shape index (κ2) is 9.05. The summed E-state index contributed by atoms with van der Waals surface area (Å²) in [7, 11) is 1.90. The van der Waals surface area contributed by atoms with Gasteiger partial charge in [0.25, 0.3) is 0 Å². The number of aromatic nitrogens is 2. The molecular weight excluding hydrogens is 360 g/mol. The molecule has 29 heavy (non-hydrogen) atoms. The van der Waals surface area contributed by atoms with Gasteiger partial charge in [-0.3, -0.25) is 14.4 Å². The van der Waals surface area contributed by atoms with Crippen molar-refractivity contribution in [3.63, 3.8) is 0 Å². The van der Waals surface area contributed by atoms with Gasteiger partial charge in [0.1, 0.15) is 0 Å². The van der Waals surface area contributed by atoms with Gasteiger partial charge >= 0.3 is 0 Å². The lowest BCUT2D eigenvalue weighted by Gasteiger charge is -2.40. The third-order valence-corrected chi connectivity index (χ3v) is 5.65. The molecule has 5 nitrogen and oxygen atoms in total. The number of benzene rings is 2. The van der Waals surface area contributed by atoms with Gasteiger partial charge in [-0.1, -0.05) is 60.7 Å². The quantitative estimate of drug-likeness (QED) is 0.651. The maximum Gasteiger partial charge on any atom is 0.222 e. The van der Waals surface area contributed by atoms with Crippen molar-refractivity contribution in [1.82, 2.24) is 19.6 Å². The Hall–Kier alpha value is -2.92. The molecule has 0 bridgehead atoms. The lowest BCUT2D eigenvalue weighted by atomic mass is 9.96. The highest BCUT2D eigenvalue weighted by molar-refractivity contribution is 5.76. The molecule has 150 valence electrons. The first-order valence-corrected chi connectivity index (χ1v) is 10.3. The average Bonchev–Trinajstić information content (AvgIpc) is 3.19. The van der Waals surface area contributed by atoms with Gasteiger partial charge in [-0.2, -0.15) is 5.10 Å². The van der Waals surface area contributed by atoms with Crippen molar-refractivity contribution >= 4 is 5.91 Å². The summed E-state index contributed by atoms with van der Waals surface area (Å²) in [4.78, 5) is 17.2. The van der Waals surface area contributed by atoms with Crippen LogP contribution in [-0.4, -0.2) is 51.7 Å². The van der Waals surface area contributed by atoms with E-state index in [-0.39, 0.29) is 11.9 Å². The third-order valence-electron chi connectivity index (χ3n) is 5.65. The lowest BCUT2D eigenvalue weighted by molar-refractivity contribution is -0.133. The number of carbonyl (C=O) groups excluding carboxylic acids is 1. The smallest absolute Gasteiger partial charge is 0.222 e. The van der Waals surface area contributed by atoms with Gasteiger partial charge < -0.3 is 4.90 Å². The average molecular weight is 389 g/mol. The molecule has 2 heterocycles. The van der Waals surface area contributed by atoms with Crippen LogP contribution in [0.3, 0.4) is 0 Å². The fourth-order valence-corrected chi connectivity index (χ4v) is 4.12. The van der Waals surface area contributed by atoms with Gasteiger partial charge in [0.05, 0.1) is 12.2 Å². The Morgan fingerprint density at radius 3 is 2.03 bits per heavy atom. The molecule has 1 fully saturated rings. The van der Waals surface area contributed by atoms with E-state index >= 15 is 0 Å². The number of nitrogens with zero attached hydrogens (tertiary/aromatic N) is 4. The molecule has 1 aliphatic heterocycles. The Bertz CT molecular complexity index is 875. The number of aryl methyl sites for hydroxylation is 2. The van der Waals surface area contributed by atoms with Crippen LogP contribution in [0.4, 0.5) is 0 Å². The minimum Gasteiger partial charge on any atom is -0.340 e. The Balaban J connectivity index is 1.39. The molecule has 5 heteroatoms. The largest absolute Gasteiger partial charge is 0.340 e. The van der Waals surface area contributed by atoms with Crippen molar-refractivity contribution in [3.05, 3.63) is 89.7 Å². The summed E-state index contributed by atoms with van der Waals surface area (Å²) >= 11 is 0. The summed E-state index contributed by atoms with van der Waals surface area (Å²) in [6.07, 6.45) is 5.13. The third kappa shape index (κ3) is 4.74. The van der Waals surface area contributed by atoms with E-state index in [1.165, 1.54) is 11.1 Å². The van der Waals surface area contributed by atoms with Crippen molar-refractivity contribution in [2.75, 3.05) is 26.2 Å². The first-order valence-electron chi connectivity index (χ1n) is 10.3. The summed E-state index contributed by atoms with van der Waals surface area (Å²) in [5.41, 5.74) is 3.72. The van der Waals surface area contributed by atoms with Crippen LogP contribution >= 0.6 is 0 Å². The molecule has 0 spiro atoms. The van der Waals surface area contributed by atoms with Crippen LogP contribution in [0.2, 0.25) is 0 Å². The summed E-state index contributed by atoms with van der Waals surface area (Å²) in [5, 5.41) is 4.18. The highest BCUT2D eigenvalue weighted by Crippen LogP contribution is 2.29. The lowest BCUT2D eigenvalue weighted by Crippen LogP contribution is -2.49. The zero-order valence-electron chi connectivity index (χ0n) is 16.9. The summed E-state index contributed by atoms with van der Waals surface area (Å²) in [6.45, 7) is 3.32. The summed E-state index contributed by atoms with van der Waals surface area (Å²) < 4.78 is 1.78. The molecule has 0 atom stereocenters. The Morgan fingerprint density at radius 1 is 0.931 bits per heavy atom. The topological polar surface area (TPSA) is 41.4 Å². The van der Waals surface area contributed by atoms with E-state index in [9.17, 15) is 4.79 Å². The van der Waals surface area contributed by atoms with Crippen LogP contribution in [0, 0.1) is 0 Å². The number of piperazine rings is 1. The maximum atomic E-state index is 12.7. The Morgan fingerprint density at radius 2 is 1.52 bits per heavy atom. The van der Waals surface area contributed by atoms with E-state index in [4.69, 9.17) is 0 Å². The minimum atomic E-state index is 0.227. The van der Waals surface area contributed by atoms with Crippen LogP contribution in [-0.2, 0) is 18.3 Å². The van der Waals surface area contributed by atoms with Gasteiger partial charge in [0.15, 0.2) is 0 Å². The number of hydrogen-bond acceptors (Lipinski definition) is 3. The van der Waals surface area contributed by atoms with Crippen molar-refractivity contribution in [2.24, 2.45) is 7.05 Å². The molecule has 4 rings (SSSR count). The molecule has 0 aliphatic carbocycles. The van der Waals surface area contributed by atoms with Crippen molar-refractivity contribution in [3.8, 4) is 0 Å². The zero-order valence-corrected chi connectivity index (χ0v) is 16.9. The molecule has 1 aliphatic rings. The van der Waals surface area contributed by atoms with Gasteiger partial charge in [0.2, 0.25) is 5.91 Å². The van der Waals surface area contributed by atoms with E-state index in [1.54, 1.807) is 4.68 Å². The normalized spacial score (nSPS) is 15.0. The number of rotatable bonds is 6. The molecule has 0 radical (unpaired) electrons. The molecule has 0 unspecified atom stereocenters. The molecule has 3 aromatic rings. The SMILES string of the molecule is Cn1cc(CCC(=O)N2CCN(C(c3ccccc3)c3ccccc3)CC2)cn1. The Kier molecular flexibility index (Phi) is 6.06. The molecule has 1 amide bonds. The zero-order chi connectivity index (χ0) is 20.1. The van der Waals surface area contributed by atoms with Crippen LogP contribution in [0.25, 0.3) is 0 Å². The van der Waals surface area contributed by atoms with Gasteiger partial charge in [-0.05, 0) is 23.1 Å². The monoisotopic (exact) mass is 388 g/mol. The molecule has 2 aromatic carbocycles. The fraction of sp³-hybridized carbons (Fsp3) is 0.333. The van der Waals surface area contributed by atoms with Crippen LogP contribution in [0.5, 0.6) is 0 Å². The van der Waals surface area contributed by atoms with Crippen LogP contribution in [0.1, 0.15) is 29.2 Å². The van der Waals surface area contributed by atoms with Crippen LogP contribution < -0.4 is 0 Å². The van der Waals surface area contributed by atoms with Crippen molar-refractivity contribution < 1.29 is 4.79 Å². The summed E-state index contributed by atoms with van der Waals surface area (Å²) in [6, 6.07) is 21.5. The van der Waals surface area contributed by atoms with Gasteiger partial charge in [-0.25, -0.2) is 0 Å². The second-order valence-electron chi connectivity index (χ2n) is 7.66. The molecular formula is C24H28N4O. The molecule has 1 saturated heterocycles. The van der Waals surface area contributed by atoms with E-state index in [2.05, 4.69) is 70.7 Å². The van der Waals surface area contributed by atoms with E-state index in [0.717, 1.165) is 38.2 Å². The van der Waals surface area contributed by atoms with Crippen molar-refractivity contribution in [2.45, 2.75) is 18.9 Å². The maximum absolute atomic E-state index is 12.7.